The molecular weight excluding hydrogens is 361 g/mol. The number of halogens is 3. The maximum atomic E-state index is 11.7. The van der Waals surface area contributed by atoms with Gasteiger partial charge in [0.25, 0.3) is 5.91 Å². The molecule has 1 aromatic carbocycles. The fourth-order valence-electron chi connectivity index (χ4n) is 1.53. The highest BCUT2D eigenvalue weighted by atomic mass is 79.9. The summed E-state index contributed by atoms with van der Waals surface area (Å²) >= 11 is 12.4. The molecule has 2 amide bonds. The van der Waals surface area contributed by atoms with Crippen LogP contribution in [0.5, 0.6) is 0 Å². The van der Waals surface area contributed by atoms with Crippen molar-refractivity contribution in [3.8, 4) is 0 Å². The molecule has 1 saturated heterocycles. The molecule has 0 N–H and O–H groups in total. The average Bonchev–Trinajstić information content (AvgIpc) is 2.39. The van der Waals surface area contributed by atoms with E-state index in [1.54, 1.807) is 12.1 Å². The highest BCUT2D eigenvalue weighted by Gasteiger charge is 2.38. The lowest BCUT2D eigenvalue weighted by Crippen LogP contribution is -2.30. The van der Waals surface area contributed by atoms with Gasteiger partial charge in [-0.3, -0.25) is 9.59 Å². The monoisotopic (exact) mass is 365 g/mol. The van der Waals surface area contributed by atoms with Gasteiger partial charge in [-0.2, -0.15) is 0 Å². The van der Waals surface area contributed by atoms with E-state index in [1.807, 2.05) is 6.07 Å². The fourth-order valence-corrected chi connectivity index (χ4v) is 3.03. The van der Waals surface area contributed by atoms with E-state index in [1.165, 1.54) is 0 Å². The molecule has 1 aliphatic heterocycles. The number of carbonyl (C=O) groups excluding carboxylic acids is 2. The van der Waals surface area contributed by atoms with Crippen LogP contribution < -0.4 is 4.90 Å². The first-order valence-electron chi connectivity index (χ1n) is 4.46. The van der Waals surface area contributed by atoms with E-state index in [2.05, 4.69) is 31.9 Å². The number of hydrogen-bond acceptors (Lipinski definition) is 2. The van der Waals surface area contributed by atoms with Gasteiger partial charge in [0.2, 0.25) is 5.91 Å². The summed E-state index contributed by atoms with van der Waals surface area (Å²) < 4.78 is 1.57. The number of carbonyl (C=O) groups is 2. The summed E-state index contributed by atoms with van der Waals surface area (Å²) in [4.78, 5) is 24.4. The highest BCUT2D eigenvalue weighted by Crippen LogP contribution is 2.30. The molecule has 84 valence electrons. The molecule has 16 heavy (non-hydrogen) atoms. The average molecular weight is 367 g/mol. The molecule has 0 aliphatic carbocycles. The van der Waals surface area contributed by atoms with Crippen molar-refractivity contribution in [3.05, 3.63) is 27.1 Å². The fraction of sp³-hybridized carbons (Fsp3) is 0.200. The van der Waals surface area contributed by atoms with Crippen LogP contribution in [0.3, 0.4) is 0 Å². The SMILES string of the molecule is O=C1CC(Cl)C(=O)N1c1cc(Br)cc(Br)c1. The van der Waals surface area contributed by atoms with Crippen molar-refractivity contribution in [1.82, 2.24) is 0 Å². The molecule has 1 unspecified atom stereocenters. The van der Waals surface area contributed by atoms with Crippen molar-refractivity contribution in [3.63, 3.8) is 0 Å². The molecule has 1 aromatic rings. The first-order valence-corrected chi connectivity index (χ1v) is 6.48. The van der Waals surface area contributed by atoms with Crippen LogP contribution >= 0.6 is 43.5 Å². The minimum absolute atomic E-state index is 0.0600. The summed E-state index contributed by atoms with van der Waals surface area (Å²) in [6, 6.07) is 5.23. The van der Waals surface area contributed by atoms with Crippen molar-refractivity contribution in [2.75, 3.05) is 4.90 Å². The van der Waals surface area contributed by atoms with E-state index in [0.717, 1.165) is 13.8 Å². The number of hydrogen-bond donors (Lipinski definition) is 0. The van der Waals surface area contributed by atoms with Crippen LogP contribution in [0.1, 0.15) is 6.42 Å². The number of amides is 2. The predicted octanol–water partition coefficient (Wildman–Crippen LogP) is 3.08. The molecule has 1 aliphatic rings. The molecule has 2 rings (SSSR count). The third kappa shape index (κ3) is 2.17. The van der Waals surface area contributed by atoms with Crippen molar-refractivity contribution in [2.24, 2.45) is 0 Å². The lowest BCUT2D eigenvalue weighted by atomic mass is 10.3. The second kappa shape index (κ2) is 4.47. The normalized spacial score (nSPS) is 20.7. The van der Waals surface area contributed by atoms with Gasteiger partial charge in [0, 0.05) is 8.95 Å². The van der Waals surface area contributed by atoms with Gasteiger partial charge in [0.15, 0.2) is 0 Å². The zero-order valence-electron chi connectivity index (χ0n) is 7.91. The van der Waals surface area contributed by atoms with Crippen LogP contribution in [0.25, 0.3) is 0 Å². The van der Waals surface area contributed by atoms with Gasteiger partial charge < -0.3 is 0 Å². The lowest BCUT2D eigenvalue weighted by molar-refractivity contribution is -0.121. The van der Waals surface area contributed by atoms with Gasteiger partial charge in [-0.25, -0.2) is 4.90 Å². The molecule has 3 nitrogen and oxygen atoms in total. The first-order chi connectivity index (χ1) is 7.49. The van der Waals surface area contributed by atoms with Gasteiger partial charge in [-0.05, 0) is 18.2 Å². The van der Waals surface area contributed by atoms with E-state index in [-0.39, 0.29) is 18.2 Å². The van der Waals surface area contributed by atoms with E-state index < -0.39 is 5.38 Å². The minimum atomic E-state index is -0.745. The number of benzene rings is 1. The van der Waals surface area contributed by atoms with Crippen molar-refractivity contribution in [1.29, 1.82) is 0 Å². The van der Waals surface area contributed by atoms with Gasteiger partial charge in [0.1, 0.15) is 5.38 Å². The van der Waals surface area contributed by atoms with Crippen LogP contribution in [-0.4, -0.2) is 17.2 Å². The largest absolute Gasteiger partial charge is 0.274 e. The Balaban J connectivity index is 2.44. The maximum absolute atomic E-state index is 11.7. The lowest BCUT2D eigenvalue weighted by Gasteiger charge is -2.14. The Morgan fingerprint density at radius 2 is 1.75 bits per heavy atom. The number of imide groups is 1. The molecule has 1 heterocycles. The van der Waals surface area contributed by atoms with Gasteiger partial charge >= 0.3 is 0 Å². The van der Waals surface area contributed by atoms with Crippen LogP contribution in [0.15, 0.2) is 27.1 Å². The summed E-state index contributed by atoms with van der Waals surface area (Å²) in [5.41, 5.74) is 0.527. The molecule has 0 bridgehead atoms. The van der Waals surface area contributed by atoms with Crippen LogP contribution in [0.2, 0.25) is 0 Å². The zero-order chi connectivity index (χ0) is 11.9. The quantitative estimate of drug-likeness (QED) is 0.565. The molecular formula is C10H6Br2ClNO2. The van der Waals surface area contributed by atoms with E-state index in [0.29, 0.717) is 5.69 Å². The number of nitrogens with zero attached hydrogens (tertiary/aromatic N) is 1. The topological polar surface area (TPSA) is 37.4 Å². The molecule has 0 saturated carbocycles. The smallest absolute Gasteiger partial charge is 0.252 e. The van der Waals surface area contributed by atoms with E-state index >= 15 is 0 Å². The second-order valence-corrected chi connectivity index (χ2v) is 5.72. The Labute approximate surface area is 114 Å². The summed E-state index contributed by atoms with van der Waals surface area (Å²) in [7, 11) is 0. The zero-order valence-corrected chi connectivity index (χ0v) is 11.8. The Kier molecular flexibility index (Phi) is 3.37. The van der Waals surface area contributed by atoms with Gasteiger partial charge in [0.05, 0.1) is 12.1 Å². The Morgan fingerprint density at radius 1 is 1.19 bits per heavy atom. The molecule has 1 atom stereocenters. The number of rotatable bonds is 1. The van der Waals surface area contributed by atoms with Crippen molar-refractivity contribution < 1.29 is 9.59 Å². The Morgan fingerprint density at radius 3 is 2.19 bits per heavy atom. The maximum Gasteiger partial charge on any atom is 0.252 e. The van der Waals surface area contributed by atoms with Crippen molar-refractivity contribution >= 4 is 61.0 Å². The van der Waals surface area contributed by atoms with Crippen molar-refractivity contribution in [2.45, 2.75) is 11.8 Å². The summed E-state index contributed by atoms with van der Waals surface area (Å²) in [5.74, 6) is -0.633. The number of alkyl halides is 1. The van der Waals surface area contributed by atoms with Crippen LogP contribution in [-0.2, 0) is 9.59 Å². The highest BCUT2D eigenvalue weighted by molar-refractivity contribution is 9.11. The van der Waals surface area contributed by atoms with E-state index in [9.17, 15) is 9.59 Å². The van der Waals surface area contributed by atoms with E-state index in [4.69, 9.17) is 11.6 Å². The van der Waals surface area contributed by atoms with Gasteiger partial charge in [-0.1, -0.05) is 31.9 Å². The molecule has 0 radical (unpaired) electrons. The molecule has 1 fully saturated rings. The summed E-state index contributed by atoms with van der Waals surface area (Å²) in [5, 5.41) is -0.745. The van der Waals surface area contributed by atoms with Gasteiger partial charge in [-0.15, -0.1) is 11.6 Å². The first kappa shape index (κ1) is 12.1. The predicted molar refractivity (Wildman–Crippen MR) is 68.6 cm³/mol. The Hall–Kier alpha value is -0.390. The van der Waals surface area contributed by atoms with Crippen LogP contribution in [0, 0.1) is 0 Å². The summed E-state index contributed by atoms with van der Waals surface area (Å²) in [6.07, 6.45) is 0.0600. The third-order valence-corrected chi connectivity index (χ3v) is 3.45. The molecule has 0 spiro atoms. The van der Waals surface area contributed by atoms with Crippen LogP contribution in [0.4, 0.5) is 5.69 Å². The minimum Gasteiger partial charge on any atom is -0.274 e. The second-order valence-electron chi connectivity index (χ2n) is 3.37. The standard InChI is InChI=1S/C10H6Br2ClNO2/c11-5-1-6(12)3-7(2-5)14-9(15)4-8(13)10(14)16/h1-3,8H,4H2. The molecule has 6 heteroatoms. The Bertz CT molecular complexity index is 458. The summed E-state index contributed by atoms with van der Waals surface area (Å²) in [6.45, 7) is 0. The third-order valence-electron chi connectivity index (χ3n) is 2.20. The number of anilines is 1. The molecule has 0 aromatic heterocycles.